The summed E-state index contributed by atoms with van der Waals surface area (Å²) in [5.74, 6) is 0.803. The van der Waals surface area contributed by atoms with E-state index < -0.39 is 0 Å². The lowest BCUT2D eigenvalue weighted by Gasteiger charge is -2.31. The number of nitrogens with one attached hydrogen (secondary N) is 1. The number of rotatable bonds is 6. The van der Waals surface area contributed by atoms with Gasteiger partial charge in [0, 0.05) is 19.0 Å². The summed E-state index contributed by atoms with van der Waals surface area (Å²) in [5, 5.41) is 12.2. The average Bonchev–Trinajstić information content (AvgIpc) is 2.72. The van der Waals surface area contributed by atoms with Crippen molar-refractivity contribution in [2.24, 2.45) is 5.92 Å². The van der Waals surface area contributed by atoms with E-state index >= 15 is 0 Å². The lowest BCUT2D eigenvalue weighted by Crippen LogP contribution is -2.39. The quantitative estimate of drug-likeness (QED) is 0.748. The smallest absolute Gasteiger partial charge is 0.220 e. The van der Waals surface area contributed by atoms with Crippen LogP contribution in [0.25, 0.3) is 6.08 Å². The van der Waals surface area contributed by atoms with Crippen LogP contribution in [-0.2, 0) is 4.79 Å². The van der Waals surface area contributed by atoms with Crippen LogP contribution in [0.5, 0.6) is 0 Å². The van der Waals surface area contributed by atoms with Gasteiger partial charge in [0.05, 0.1) is 11.6 Å². The van der Waals surface area contributed by atoms with Crippen LogP contribution in [-0.4, -0.2) is 36.5 Å². The van der Waals surface area contributed by atoms with Gasteiger partial charge in [-0.15, -0.1) is 0 Å². The van der Waals surface area contributed by atoms with Crippen LogP contribution in [0, 0.1) is 17.2 Å². The van der Waals surface area contributed by atoms with Crippen LogP contribution in [0.15, 0.2) is 30.3 Å². The van der Waals surface area contributed by atoms with Gasteiger partial charge in [-0.1, -0.05) is 56.4 Å². The number of hydrogen-bond donors (Lipinski definition) is 1. The molecule has 1 saturated heterocycles. The SMILES string of the molecule is N#Cc1ccc(/C=C/CN2CCC(CC(=O)NC3CCCCCCC3)CC2)cc1. The number of carbonyl (C=O) groups excluding carboxylic acids is 1. The number of piperidine rings is 1. The normalized spacial score (nSPS) is 20.1. The number of nitrogens with zero attached hydrogens (tertiary/aromatic N) is 2. The second-order valence-corrected chi connectivity index (χ2v) is 8.69. The molecule has 2 aliphatic rings. The molecule has 29 heavy (non-hydrogen) atoms. The van der Waals surface area contributed by atoms with Crippen molar-refractivity contribution in [1.29, 1.82) is 5.26 Å². The molecule has 0 radical (unpaired) electrons. The molecule has 1 N–H and O–H groups in total. The van der Waals surface area contributed by atoms with Crippen LogP contribution >= 0.6 is 0 Å². The molecular weight excluding hydrogens is 358 g/mol. The fourth-order valence-corrected chi connectivity index (χ4v) is 4.53. The third-order valence-electron chi connectivity index (χ3n) is 6.37. The third-order valence-corrected chi connectivity index (χ3v) is 6.37. The van der Waals surface area contributed by atoms with Crippen LogP contribution in [0.2, 0.25) is 0 Å². The lowest BCUT2D eigenvalue weighted by molar-refractivity contribution is -0.123. The van der Waals surface area contributed by atoms with Gasteiger partial charge in [-0.3, -0.25) is 9.69 Å². The summed E-state index contributed by atoms with van der Waals surface area (Å²) in [7, 11) is 0. The van der Waals surface area contributed by atoms with Crippen molar-refractivity contribution in [1.82, 2.24) is 10.2 Å². The molecule has 0 unspecified atom stereocenters. The van der Waals surface area contributed by atoms with Gasteiger partial charge in [0.1, 0.15) is 0 Å². The Balaban J connectivity index is 1.33. The second-order valence-electron chi connectivity index (χ2n) is 8.69. The highest BCUT2D eigenvalue weighted by Gasteiger charge is 2.22. The number of amides is 1. The van der Waals surface area contributed by atoms with Crippen LogP contribution < -0.4 is 5.32 Å². The van der Waals surface area contributed by atoms with Crippen molar-refractivity contribution in [2.75, 3.05) is 19.6 Å². The van der Waals surface area contributed by atoms with E-state index in [-0.39, 0.29) is 5.91 Å². The monoisotopic (exact) mass is 393 g/mol. The van der Waals surface area contributed by atoms with E-state index in [9.17, 15) is 4.79 Å². The number of nitriles is 1. The first-order valence-electron chi connectivity index (χ1n) is 11.4. The van der Waals surface area contributed by atoms with Gasteiger partial charge in [-0.2, -0.15) is 5.26 Å². The minimum absolute atomic E-state index is 0.273. The predicted molar refractivity (Wildman–Crippen MR) is 118 cm³/mol. The maximum atomic E-state index is 12.5. The summed E-state index contributed by atoms with van der Waals surface area (Å²) in [5.41, 5.74) is 1.83. The molecule has 4 heteroatoms. The number of hydrogen-bond acceptors (Lipinski definition) is 3. The Kier molecular flexibility index (Phi) is 8.77. The Morgan fingerprint density at radius 1 is 1.03 bits per heavy atom. The summed E-state index contributed by atoms with van der Waals surface area (Å²) in [6.07, 6.45) is 16.1. The van der Waals surface area contributed by atoms with Crippen molar-refractivity contribution < 1.29 is 4.79 Å². The molecule has 2 fully saturated rings. The van der Waals surface area contributed by atoms with Crippen LogP contribution in [0.4, 0.5) is 0 Å². The van der Waals surface area contributed by atoms with E-state index in [1.807, 2.05) is 24.3 Å². The molecule has 1 amide bonds. The lowest BCUT2D eigenvalue weighted by atomic mass is 9.92. The molecule has 0 aromatic heterocycles. The first-order valence-corrected chi connectivity index (χ1v) is 11.4. The molecule has 1 aliphatic heterocycles. The zero-order valence-electron chi connectivity index (χ0n) is 17.6. The topological polar surface area (TPSA) is 56.1 Å². The summed E-state index contributed by atoms with van der Waals surface area (Å²) < 4.78 is 0. The van der Waals surface area contributed by atoms with Crippen molar-refractivity contribution >= 4 is 12.0 Å². The molecule has 1 saturated carbocycles. The molecule has 0 bridgehead atoms. The van der Waals surface area contributed by atoms with E-state index in [4.69, 9.17) is 5.26 Å². The average molecular weight is 394 g/mol. The fourth-order valence-electron chi connectivity index (χ4n) is 4.53. The van der Waals surface area contributed by atoms with Gasteiger partial charge < -0.3 is 5.32 Å². The summed E-state index contributed by atoms with van der Waals surface area (Å²) in [6, 6.07) is 10.2. The maximum Gasteiger partial charge on any atom is 0.220 e. The van der Waals surface area contributed by atoms with Gasteiger partial charge >= 0.3 is 0 Å². The molecule has 1 aromatic carbocycles. The zero-order valence-corrected chi connectivity index (χ0v) is 17.6. The first kappa shape index (κ1) is 21.6. The minimum atomic E-state index is 0.273. The Morgan fingerprint density at radius 3 is 2.34 bits per heavy atom. The van der Waals surface area contributed by atoms with E-state index in [1.54, 1.807) is 0 Å². The third kappa shape index (κ3) is 7.66. The fraction of sp³-hybridized carbons (Fsp3) is 0.600. The largest absolute Gasteiger partial charge is 0.353 e. The number of likely N-dealkylation sites (tertiary alicyclic amines) is 1. The number of carbonyl (C=O) groups is 1. The summed E-state index contributed by atoms with van der Waals surface area (Å²) in [6.45, 7) is 3.08. The molecule has 0 spiro atoms. The highest BCUT2D eigenvalue weighted by atomic mass is 16.1. The van der Waals surface area contributed by atoms with Crippen molar-refractivity contribution in [3.63, 3.8) is 0 Å². The maximum absolute atomic E-state index is 12.5. The highest BCUT2D eigenvalue weighted by Crippen LogP contribution is 2.22. The van der Waals surface area contributed by atoms with Crippen molar-refractivity contribution in [3.05, 3.63) is 41.5 Å². The van der Waals surface area contributed by atoms with E-state index in [0.29, 0.717) is 23.9 Å². The molecule has 1 aromatic rings. The second kappa shape index (κ2) is 11.8. The summed E-state index contributed by atoms with van der Waals surface area (Å²) >= 11 is 0. The van der Waals surface area contributed by atoms with Gasteiger partial charge in [-0.05, 0) is 62.4 Å². The van der Waals surface area contributed by atoms with E-state index in [1.165, 1.54) is 32.1 Å². The molecule has 0 atom stereocenters. The Labute approximate surface area is 176 Å². The number of benzene rings is 1. The molecule has 1 heterocycles. The molecular formula is C25H35N3O. The highest BCUT2D eigenvalue weighted by molar-refractivity contribution is 5.76. The predicted octanol–water partition coefficient (Wildman–Crippen LogP) is 4.90. The zero-order chi connectivity index (χ0) is 20.3. The van der Waals surface area contributed by atoms with Crippen LogP contribution in [0.3, 0.4) is 0 Å². The van der Waals surface area contributed by atoms with E-state index in [2.05, 4.69) is 28.4 Å². The van der Waals surface area contributed by atoms with Gasteiger partial charge in [0.2, 0.25) is 5.91 Å². The minimum Gasteiger partial charge on any atom is -0.353 e. The summed E-state index contributed by atoms with van der Waals surface area (Å²) in [4.78, 5) is 14.9. The Hall–Kier alpha value is -2.12. The van der Waals surface area contributed by atoms with Gasteiger partial charge in [-0.25, -0.2) is 0 Å². The molecule has 3 rings (SSSR count). The van der Waals surface area contributed by atoms with Crippen molar-refractivity contribution in [2.45, 2.75) is 70.3 Å². The van der Waals surface area contributed by atoms with E-state index in [0.717, 1.165) is 50.9 Å². The first-order chi connectivity index (χ1) is 14.2. The van der Waals surface area contributed by atoms with Gasteiger partial charge in [0.25, 0.3) is 0 Å². The molecule has 4 nitrogen and oxygen atoms in total. The van der Waals surface area contributed by atoms with Crippen LogP contribution in [0.1, 0.15) is 75.3 Å². The molecule has 1 aliphatic carbocycles. The van der Waals surface area contributed by atoms with Crippen molar-refractivity contribution in [3.8, 4) is 6.07 Å². The Morgan fingerprint density at radius 2 is 1.69 bits per heavy atom. The van der Waals surface area contributed by atoms with Gasteiger partial charge in [0.15, 0.2) is 0 Å². The standard InChI is InChI=1S/C25H35N3O/c26-20-23-12-10-21(11-13-23)7-6-16-28-17-14-22(15-18-28)19-25(29)27-24-8-4-2-1-3-5-9-24/h6-7,10-13,22,24H,1-5,8-9,14-19H2,(H,27,29)/b7-6+. The Bertz CT molecular complexity index is 688. The molecule has 156 valence electrons.